The molecule has 0 heterocycles. The number of unbranched alkanes of at least 4 members (excludes halogenated alkanes) is 2. The van der Waals surface area contributed by atoms with Crippen LogP contribution in [-0.4, -0.2) is 31.7 Å². The van der Waals surface area contributed by atoms with E-state index in [0.29, 0.717) is 23.7 Å². The van der Waals surface area contributed by atoms with Gasteiger partial charge in [0.2, 0.25) is 0 Å². The fourth-order valence-corrected chi connectivity index (χ4v) is 1.45. The molecule has 94 valence electrons. The van der Waals surface area contributed by atoms with Gasteiger partial charge in [0.15, 0.2) is 11.5 Å². The van der Waals surface area contributed by atoms with Gasteiger partial charge in [-0.3, -0.25) is 4.79 Å². The summed E-state index contributed by atoms with van der Waals surface area (Å²) in [5.41, 5.74) is 0.566. The van der Waals surface area contributed by atoms with Crippen LogP contribution in [0.15, 0.2) is 18.2 Å². The van der Waals surface area contributed by atoms with Crippen LogP contribution in [0, 0.1) is 0 Å². The van der Waals surface area contributed by atoms with Crippen LogP contribution in [0.2, 0.25) is 0 Å². The average Bonchev–Trinajstić information content (AvgIpc) is 2.38. The molecule has 0 saturated carbocycles. The quantitative estimate of drug-likeness (QED) is 0.556. The molecule has 0 fully saturated rings. The van der Waals surface area contributed by atoms with Gasteiger partial charge >= 0.3 is 0 Å². The van der Waals surface area contributed by atoms with Crippen molar-refractivity contribution in [3.8, 4) is 11.5 Å². The van der Waals surface area contributed by atoms with E-state index in [1.807, 2.05) is 0 Å². The maximum atomic E-state index is 10.6. The van der Waals surface area contributed by atoms with Gasteiger partial charge in [0.25, 0.3) is 0 Å². The van der Waals surface area contributed by atoms with Crippen molar-refractivity contribution in [1.29, 1.82) is 0 Å². The second-order valence-corrected chi connectivity index (χ2v) is 3.66. The number of aldehydes is 1. The minimum atomic E-state index is 0.212. The second-order valence-electron chi connectivity index (χ2n) is 3.66. The van der Waals surface area contributed by atoms with Crippen molar-refractivity contribution in [3.63, 3.8) is 0 Å². The zero-order valence-corrected chi connectivity index (χ0v) is 10.0. The van der Waals surface area contributed by atoms with Crippen LogP contribution >= 0.6 is 0 Å². The topological polar surface area (TPSA) is 55.8 Å². The van der Waals surface area contributed by atoms with E-state index in [0.717, 1.165) is 25.5 Å². The van der Waals surface area contributed by atoms with E-state index < -0.39 is 0 Å². The van der Waals surface area contributed by atoms with Gasteiger partial charge in [0.05, 0.1) is 13.7 Å². The lowest BCUT2D eigenvalue weighted by atomic mass is 10.2. The van der Waals surface area contributed by atoms with Crippen molar-refractivity contribution >= 4 is 6.29 Å². The lowest BCUT2D eigenvalue weighted by molar-refractivity contribution is 0.112. The molecule has 4 heteroatoms. The number of benzene rings is 1. The summed E-state index contributed by atoms with van der Waals surface area (Å²) in [5, 5.41) is 8.63. The SMILES string of the molecule is COc1ccc(C=O)cc1OCCCCCO. The van der Waals surface area contributed by atoms with Gasteiger partial charge in [-0.1, -0.05) is 0 Å². The number of methoxy groups -OCH3 is 1. The smallest absolute Gasteiger partial charge is 0.161 e. The van der Waals surface area contributed by atoms with E-state index >= 15 is 0 Å². The van der Waals surface area contributed by atoms with Gasteiger partial charge < -0.3 is 14.6 Å². The number of carbonyl (C=O) groups is 1. The van der Waals surface area contributed by atoms with Gasteiger partial charge in [-0.05, 0) is 37.5 Å². The summed E-state index contributed by atoms with van der Waals surface area (Å²) < 4.78 is 10.7. The fourth-order valence-electron chi connectivity index (χ4n) is 1.45. The zero-order chi connectivity index (χ0) is 12.5. The summed E-state index contributed by atoms with van der Waals surface area (Å²) >= 11 is 0. The van der Waals surface area contributed by atoms with Gasteiger partial charge in [-0.2, -0.15) is 0 Å². The normalized spacial score (nSPS) is 10.0. The van der Waals surface area contributed by atoms with Crippen LogP contribution in [0.3, 0.4) is 0 Å². The van der Waals surface area contributed by atoms with Crippen LogP contribution < -0.4 is 9.47 Å². The molecule has 0 amide bonds. The summed E-state index contributed by atoms with van der Waals surface area (Å²) in [7, 11) is 1.56. The van der Waals surface area contributed by atoms with E-state index in [1.54, 1.807) is 25.3 Å². The third-order valence-electron chi connectivity index (χ3n) is 2.38. The van der Waals surface area contributed by atoms with Crippen molar-refractivity contribution in [1.82, 2.24) is 0 Å². The average molecular weight is 238 g/mol. The highest BCUT2D eigenvalue weighted by Gasteiger charge is 2.05. The van der Waals surface area contributed by atoms with Gasteiger partial charge in [-0.25, -0.2) is 0 Å². The first kappa shape index (κ1) is 13.5. The van der Waals surface area contributed by atoms with Crippen molar-refractivity contribution in [2.24, 2.45) is 0 Å². The summed E-state index contributed by atoms with van der Waals surface area (Å²) in [6.45, 7) is 0.766. The molecule has 0 aliphatic rings. The third-order valence-corrected chi connectivity index (χ3v) is 2.38. The van der Waals surface area contributed by atoms with Gasteiger partial charge in [0.1, 0.15) is 6.29 Å². The molecule has 1 rings (SSSR count). The Hall–Kier alpha value is -1.55. The lowest BCUT2D eigenvalue weighted by Crippen LogP contribution is -2.00. The minimum Gasteiger partial charge on any atom is -0.493 e. The van der Waals surface area contributed by atoms with Crippen LogP contribution in [0.1, 0.15) is 29.6 Å². The van der Waals surface area contributed by atoms with Gasteiger partial charge in [-0.15, -0.1) is 0 Å². The Balaban J connectivity index is 2.52. The minimum absolute atomic E-state index is 0.212. The van der Waals surface area contributed by atoms with Crippen molar-refractivity contribution in [3.05, 3.63) is 23.8 Å². The number of hydrogen-bond acceptors (Lipinski definition) is 4. The molecule has 4 nitrogen and oxygen atoms in total. The van der Waals surface area contributed by atoms with Crippen LogP contribution in [0.25, 0.3) is 0 Å². The van der Waals surface area contributed by atoms with E-state index in [9.17, 15) is 4.79 Å². The van der Waals surface area contributed by atoms with Crippen LogP contribution in [-0.2, 0) is 0 Å². The Morgan fingerprint density at radius 2 is 2.06 bits per heavy atom. The number of carbonyl (C=O) groups excluding carboxylic acids is 1. The Morgan fingerprint density at radius 1 is 1.24 bits per heavy atom. The highest BCUT2D eigenvalue weighted by Crippen LogP contribution is 2.27. The number of aliphatic hydroxyl groups is 1. The Morgan fingerprint density at radius 3 is 2.71 bits per heavy atom. The first-order valence-electron chi connectivity index (χ1n) is 5.68. The largest absolute Gasteiger partial charge is 0.493 e. The molecule has 0 saturated heterocycles. The molecule has 0 unspecified atom stereocenters. The molecule has 0 bridgehead atoms. The Bertz CT molecular complexity index is 349. The predicted octanol–water partition coefficient (Wildman–Crippen LogP) is 2.05. The molecule has 0 aromatic heterocycles. The molecule has 0 radical (unpaired) electrons. The van der Waals surface area contributed by atoms with Crippen molar-refractivity contribution in [2.75, 3.05) is 20.3 Å². The monoisotopic (exact) mass is 238 g/mol. The Kier molecular flexibility index (Phi) is 6.10. The lowest BCUT2D eigenvalue weighted by Gasteiger charge is -2.10. The highest BCUT2D eigenvalue weighted by atomic mass is 16.5. The molecule has 17 heavy (non-hydrogen) atoms. The molecule has 1 aromatic rings. The predicted molar refractivity (Wildman–Crippen MR) is 64.8 cm³/mol. The summed E-state index contributed by atoms with van der Waals surface area (Å²) in [6.07, 6.45) is 3.36. The van der Waals surface area contributed by atoms with Crippen LogP contribution in [0.4, 0.5) is 0 Å². The first-order chi connectivity index (χ1) is 8.31. The number of ether oxygens (including phenoxy) is 2. The molecule has 0 spiro atoms. The van der Waals surface area contributed by atoms with Crippen LogP contribution in [0.5, 0.6) is 11.5 Å². The maximum absolute atomic E-state index is 10.6. The molecule has 0 aliphatic heterocycles. The summed E-state index contributed by atoms with van der Waals surface area (Å²) in [5.74, 6) is 1.21. The standard InChI is InChI=1S/C13H18O4/c1-16-12-6-5-11(10-15)9-13(12)17-8-4-2-3-7-14/h5-6,9-10,14H,2-4,7-8H2,1H3. The highest BCUT2D eigenvalue weighted by molar-refractivity contribution is 5.76. The fraction of sp³-hybridized carbons (Fsp3) is 0.462. The molecule has 0 aliphatic carbocycles. The maximum Gasteiger partial charge on any atom is 0.161 e. The molecular weight excluding hydrogens is 220 g/mol. The number of rotatable bonds is 8. The third kappa shape index (κ3) is 4.44. The summed E-state index contributed by atoms with van der Waals surface area (Å²) in [6, 6.07) is 5.06. The van der Waals surface area contributed by atoms with E-state index in [2.05, 4.69) is 0 Å². The molecular formula is C13H18O4. The molecule has 1 aromatic carbocycles. The first-order valence-corrected chi connectivity index (χ1v) is 5.68. The van der Waals surface area contributed by atoms with E-state index in [-0.39, 0.29) is 6.61 Å². The van der Waals surface area contributed by atoms with E-state index in [1.165, 1.54) is 0 Å². The number of hydrogen-bond donors (Lipinski definition) is 1. The van der Waals surface area contributed by atoms with Gasteiger partial charge in [0, 0.05) is 12.2 Å². The number of aliphatic hydroxyl groups excluding tert-OH is 1. The Labute approximate surface area is 101 Å². The zero-order valence-electron chi connectivity index (χ0n) is 10.0. The summed E-state index contributed by atoms with van der Waals surface area (Å²) in [4.78, 5) is 10.6. The molecule has 0 atom stereocenters. The molecule has 1 N–H and O–H groups in total. The van der Waals surface area contributed by atoms with Crippen molar-refractivity contribution in [2.45, 2.75) is 19.3 Å². The second kappa shape index (κ2) is 7.68. The van der Waals surface area contributed by atoms with E-state index in [4.69, 9.17) is 14.6 Å². The van der Waals surface area contributed by atoms with Crippen molar-refractivity contribution < 1.29 is 19.4 Å².